The Morgan fingerprint density at radius 3 is 2.85 bits per heavy atom. The van der Waals surface area contributed by atoms with Gasteiger partial charge in [0.1, 0.15) is 0 Å². The zero-order valence-corrected chi connectivity index (χ0v) is 10.9. The van der Waals surface area contributed by atoms with Crippen LogP contribution in [0, 0.1) is 0 Å². The van der Waals surface area contributed by atoms with E-state index in [1.807, 2.05) is 43.3 Å². The van der Waals surface area contributed by atoms with Crippen LogP contribution in [0.1, 0.15) is 17.3 Å². The number of nitrogens with one attached hydrogen (secondary N) is 1. The molecule has 100 valence electrons. The van der Waals surface area contributed by atoms with E-state index in [2.05, 4.69) is 20.8 Å². The van der Waals surface area contributed by atoms with Crippen molar-refractivity contribution in [1.82, 2.24) is 20.2 Å². The summed E-state index contributed by atoms with van der Waals surface area (Å²) in [7, 11) is 0. The van der Waals surface area contributed by atoms with Crippen LogP contribution in [-0.4, -0.2) is 26.1 Å². The topological polar surface area (TPSA) is 72.7 Å². The largest absolute Gasteiger partial charge is 0.289 e. The van der Waals surface area contributed by atoms with E-state index in [9.17, 15) is 4.79 Å². The summed E-state index contributed by atoms with van der Waals surface area (Å²) in [6, 6.07) is 13.4. The zero-order chi connectivity index (χ0) is 13.9. The number of fused-ring (bicyclic) bond motifs is 1. The van der Waals surface area contributed by atoms with Crippen molar-refractivity contribution in [3.05, 3.63) is 48.0 Å². The van der Waals surface area contributed by atoms with E-state index in [1.54, 1.807) is 6.07 Å². The molecule has 0 unspecified atom stereocenters. The number of rotatable bonds is 3. The highest BCUT2D eigenvalue weighted by molar-refractivity contribution is 6.12. The molecule has 0 radical (unpaired) electrons. The van der Waals surface area contributed by atoms with Crippen molar-refractivity contribution >= 4 is 22.6 Å². The highest BCUT2D eigenvalue weighted by Crippen LogP contribution is 2.19. The summed E-state index contributed by atoms with van der Waals surface area (Å²) in [4.78, 5) is 12.4. The highest BCUT2D eigenvalue weighted by Gasteiger charge is 2.13. The number of aryl methyl sites for hydroxylation is 1. The summed E-state index contributed by atoms with van der Waals surface area (Å²) in [6.45, 7) is 2.50. The lowest BCUT2D eigenvalue weighted by molar-refractivity contribution is 0.102. The molecule has 0 aliphatic heterocycles. The molecule has 2 aromatic carbocycles. The molecule has 1 N–H and O–H groups in total. The molecule has 6 heteroatoms. The first-order chi connectivity index (χ1) is 9.79. The fourth-order valence-electron chi connectivity index (χ4n) is 2.10. The van der Waals surface area contributed by atoms with Gasteiger partial charge in [-0.3, -0.25) is 10.1 Å². The lowest BCUT2D eigenvalue weighted by atomic mass is 10.0. The Labute approximate surface area is 115 Å². The van der Waals surface area contributed by atoms with Gasteiger partial charge >= 0.3 is 0 Å². The molecule has 0 fully saturated rings. The van der Waals surface area contributed by atoms with Crippen LogP contribution < -0.4 is 5.32 Å². The number of carbonyl (C=O) groups is 1. The van der Waals surface area contributed by atoms with Crippen LogP contribution in [-0.2, 0) is 6.54 Å². The quantitative estimate of drug-likeness (QED) is 0.788. The lowest BCUT2D eigenvalue weighted by Gasteiger charge is -2.07. The third-order valence-electron chi connectivity index (χ3n) is 3.09. The van der Waals surface area contributed by atoms with E-state index >= 15 is 0 Å². The number of hydrogen-bond acceptors (Lipinski definition) is 4. The number of hydrogen-bond donors (Lipinski definition) is 1. The maximum atomic E-state index is 12.4. The number of aromatic nitrogens is 4. The Morgan fingerprint density at radius 1 is 1.20 bits per heavy atom. The van der Waals surface area contributed by atoms with E-state index in [0.29, 0.717) is 18.1 Å². The van der Waals surface area contributed by atoms with Gasteiger partial charge in [-0.05, 0) is 34.2 Å². The highest BCUT2D eigenvalue weighted by atomic mass is 16.1. The average molecular weight is 267 g/mol. The van der Waals surface area contributed by atoms with Gasteiger partial charge in [-0.1, -0.05) is 41.5 Å². The molecular weight excluding hydrogens is 254 g/mol. The number of amides is 1. The van der Waals surface area contributed by atoms with Crippen molar-refractivity contribution in [3.8, 4) is 0 Å². The van der Waals surface area contributed by atoms with Gasteiger partial charge in [-0.2, -0.15) is 0 Å². The third kappa shape index (κ3) is 2.11. The van der Waals surface area contributed by atoms with Crippen LogP contribution in [0.25, 0.3) is 10.8 Å². The molecule has 0 saturated carbocycles. The van der Waals surface area contributed by atoms with Crippen molar-refractivity contribution in [1.29, 1.82) is 0 Å². The minimum Gasteiger partial charge on any atom is -0.289 e. The minimum atomic E-state index is -0.216. The number of benzene rings is 2. The monoisotopic (exact) mass is 267 g/mol. The predicted octanol–water partition coefficient (Wildman–Crippen LogP) is 2.10. The SMILES string of the molecule is CCn1nnnc1NC(=O)c1cccc2ccccc12. The molecule has 20 heavy (non-hydrogen) atoms. The van der Waals surface area contributed by atoms with Gasteiger partial charge in [0, 0.05) is 12.1 Å². The maximum Gasteiger partial charge on any atom is 0.258 e. The van der Waals surface area contributed by atoms with E-state index < -0.39 is 0 Å². The van der Waals surface area contributed by atoms with E-state index in [0.717, 1.165) is 10.8 Å². The lowest BCUT2D eigenvalue weighted by Crippen LogP contribution is -2.16. The number of anilines is 1. The first-order valence-electron chi connectivity index (χ1n) is 6.35. The summed E-state index contributed by atoms with van der Waals surface area (Å²) in [5, 5.41) is 15.8. The van der Waals surface area contributed by atoms with Gasteiger partial charge in [0.05, 0.1) is 0 Å². The normalized spacial score (nSPS) is 10.7. The smallest absolute Gasteiger partial charge is 0.258 e. The molecular formula is C14H13N5O. The van der Waals surface area contributed by atoms with Crippen LogP contribution in [0.15, 0.2) is 42.5 Å². The first kappa shape index (κ1) is 12.3. The molecule has 0 atom stereocenters. The predicted molar refractivity (Wildman–Crippen MR) is 75.4 cm³/mol. The van der Waals surface area contributed by atoms with Crippen molar-refractivity contribution in [2.45, 2.75) is 13.5 Å². The molecule has 1 aromatic heterocycles. The van der Waals surface area contributed by atoms with Crippen molar-refractivity contribution < 1.29 is 4.79 Å². The van der Waals surface area contributed by atoms with Crippen LogP contribution in [0.5, 0.6) is 0 Å². The number of nitrogens with zero attached hydrogens (tertiary/aromatic N) is 4. The molecule has 0 spiro atoms. The van der Waals surface area contributed by atoms with Gasteiger partial charge in [0.15, 0.2) is 0 Å². The van der Waals surface area contributed by atoms with Gasteiger partial charge in [-0.25, -0.2) is 4.68 Å². The molecule has 0 bridgehead atoms. The molecule has 0 aliphatic carbocycles. The van der Waals surface area contributed by atoms with Gasteiger partial charge in [0.2, 0.25) is 5.95 Å². The second-order valence-electron chi connectivity index (χ2n) is 4.30. The first-order valence-corrected chi connectivity index (χ1v) is 6.35. The second-order valence-corrected chi connectivity index (χ2v) is 4.30. The van der Waals surface area contributed by atoms with E-state index in [-0.39, 0.29) is 5.91 Å². The van der Waals surface area contributed by atoms with E-state index in [1.165, 1.54) is 4.68 Å². The Kier molecular flexibility index (Phi) is 3.12. The summed E-state index contributed by atoms with van der Waals surface area (Å²) in [5.41, 5.74) is 0.605. The summed E-state index contributed by atoms with van der Waals surface area (Å²) < 4.78 is 1.53. The molecule has 3 rings (SSSR count). The van der Waals surface area contributed by atoms with Gasteiger partial charge in [-0.15, -0.1) is 0 Å². The number of carbonyl (C=O) groups excluding carboxylic acids is 1. The molecule has 1 heterocycles. The summed E-state index contributed by atoms with van der Waals surface area (Å²) in [5.74, 6) is 0.136. The van der Waals surface area contributed by atoms with Crippen molar-refractivity contribution in [2.75, 3.05) is 5.32 Å². The van der Waals surface area contributed by atoms with Crippen LogP contribution in [0.4, 0.5) is 5.95 Å². The van der Waals surface area contributed by atoms with Crippen LogP contribution >= 0.6 is 0 Å². The fraction of sp³-hybridized carbons (Fsp3) is 0.143. The van der Waals surface area contributed by atoms with Crippen LogP contribution in [0.2, 0.25) is 0 Å². The average Bonchev–Trinajstić information content (AvgIpc) is 2.93. The summed E-state index contributed by atoms with van der Waals surface area (Å²) >= 11 is 0. The molecule has 0 saturated heterocycles. The van der Waals surface area contributed by atoms with Gasteiger partial charge in [0.25, 0.3) is 5.91 Å². The summed E-state index contributed by atoms with van der Waals surface area (Å²) in [6.07, 6.45) is 0. The fourth-order valence-corrected chi connectivity index (χ4v) is 2.10. The Morgan fingerprint density at radius 2 is 2.00 bits per heavy atom. The van der Waals surface area contributed by atoms with Crippen molar-refractivity contribution in [3.63, 3.8) is 0 Å². The minimum absolute atomic E-state index is 0.216. The third-order valence-corrected chi connectivity index (χ3v) is 3.09. The molecule has 1 amide bonds. The van der Waals surface area contributed by atoms with Crippen molar-refractivity contribution in [2.24, 2.45) is 0 Å². The van der Waals surface area contributed by atoms with E-state index in [4.69, 9.17) is 0 Å². The van der Waals surface area contributed by atoms with Gasteiger partial charge < -0.3 is 0 Å². The number of tetrazole rings is 1. The Hall–Kier alpha value is -2.76. The zero-order valence-electron chi connectivity index (χ0n) is 10.9. The maximum absolute atomic E-state index is 12.4. The van der Waals surface area contributed by atoms with Crippen LogP contribution in [0.3, 0.4) is 0 Å². The molecule has 0 aliphatic rings. The molecule has 3 aromatic rings. The Bertz CT molecular complexity index is 760. The molecule has 6 nitrogen and oxygen atoms in total. The Balaban J connectivity index is 1.97. The standard InChI is InChI=1S/C14H13N5O/c1-2-19-14(16-17-18-19)15-13(20)12-9-5-7-10-6-3-4-8-11(10)12/h3-9H,2H2,1H3,(H,15,16,18,20). The second kappa shape index (κ2) is 5.08.